The largest absolute Gasteiger partial charge is 0.497 e. The van der Waals surface area contributed by atoms with E-state index < -0.39 is 0 Å². The van der Waals surface area contributed by atoms with Crippen molar-refractivity contribution in [2.75, 3.05) is 14.2 Å². The van der Waals surface area contributed by atoms with Crippen LogP contribution >= 0.6 is 0 Å². The number of ether oxygens (including phenoxy) is 2. The van der Waals surface area contributed by atoms with E-state index in [0.29, 0.717) is 11.8 Å². The molecule has 0 aliphatic heterocycles. The quantitative estimate of drug-likeness (QED) is 0.781. The van der Waals surface area contributed by atoms with E-state index >= 15 is 0 Å². The van der Waals surface area contributed by atoms with E-state index in [1.165, 1.54) is 41.5 Å². The lowest BCUT2D eigenvalue weighted by Gasteiger charge is -2.30. The van der Waals surface area contributed by atoms with Crippen molar-refractivity contribution in [3.05, 3.63) is 59.2 Å². The highest BCUT2D eigenvalue weighted by molar-refractivity contribution is 5.87. The molecule has 1 saturated carbocycles. The van der Waals surface area contributed by atoms with Gasteiger partial charge in [0.25, 0.3) is 0 Å². The number of methoxy groups -OCH3 is 2. The molecule has 118 valence electrons. The summed E-state index contributed by atoms with van der Waals surface area (Å²) in [6, 6.07) is 15.0. The fourth-order valence-corrected chi connectivity index (χ4v) is 4.19. The first kappa shape index (κ1) is 14.4. The van der Waals surface area contributed by atoms with E-state index in [4.69, 9.17) is 9.47 Å². The molecule has 2 aromatic carbocycles. The minimum absolute atomic E-state index is 0.627. The summed E-state index contributed by atoms with van der Waals surface area (Å²) in [5.74, 6) is 3.14. The van der Waals surface area contributed by atoms with E-state index in [9.17, 15) is 0 Å². The molecule has 0 radical (unpaired) electrons. The number of hydrogen-bond acceptors (Lipinski definition) is 2. The van der Waals surface area contributed by atoms with E-state index in [1.807, 2.05) is 0 Å². The Morgan fingerprint density at radius 1 is 0.826 bits per heavy atom. The van der Waals surface area contributed by atoms with E-state index in [-0.39, 0.29) is 0 Å². The third-order valence-electron chi connectivity index (χ3n) is 5.34. The summed E-state index contributed by atoms with van der Waals surface area (Å²) in [5.41, 5.74) is 5.61. The van der Waals surface area contributed by atoms with Crippen LogP contribution in [0, 0.1) is 5.92 Å². The van der Waals surface area contributed by atoms with Crippen molar-refractivity contribution in [2.45, 2.75) is 25.2 Å². The van der Waals surface area contributed by atoms with Gasteiger partial charge in [-0.05, 0) is 71.2 Å². The minimum atomic E-state index is 0.627. The first-order valence-electron chi connectivity index (χ1n) is 8.34. The molecule has 0 heterocycles. The number of allylic oxidation sites excluding steroid dienone is 1. The molecule has 4 rings (SSSR count). The fourth-order valence-electron chi connectivity index (χ4n) is 4.19. The van der Waals surface area contributed by atoms with Gasteiger partial charge in [0, 0.05) is 0 Å². The molecule has 0 saturated heterocycles. The summed E-state index contributed by atoms with van der Waals surface area (Å²) in [4.78, 5) is 0. The SMILES string of the molecule is COc1ccc(C2=Cc3ccc(OC)cc3[C@@H]3CCC[C@H]23)cc1. The van der Waals surface area contributed by atoms with E-state index in [1.54, 1.807) is 14.2 Å². The monoisotopic (exact) mass is 306 g/mol. The summed E-state index contributed by atoms with van der Waals surface area (Å²) in [6.45, 7) is 0. The van der Waals surface area contributed by atoms with Crippen LogP contribution < -0.4 is 9.47 Å². The second kappa shape index (κ2) is 5.77. The Hall–Kier alpha value is -2.22. The van der Waals surface area contributed by atoms with Crippen molar-refractivity contribution in [1.29, 1.82) is 0 Å². The standard InChI is InChI=1S/C21H22O2/c1-22-16-9-6-14(7-10-16)20-12-15-8-11-17(23-2)13-21(15)19-5-3-4-18(19)20/h6-13,18-19H,3-5H2,1-2H3/t18-,19+/m0/s1. The van der Waals surface area contributed by atoms with E-state index in [2.05, 4.69) is 48.5 Å². The molecule has 2 aliphatic carbocycles. The van der Waals surface area contributed by atoms with Crippen LogP contribution in [-0.4, -0.2) is 14.2 Å². The first-order chi connectivity index (χ1) is 11.3. The smallest absolute Gasteiger partial charge is 0.119 e. The fraction of sp³-hybridized carbons (Fsp3) is 0.333. The molecule has 0 aromatic heterocycles. The molecule has 0 spiro atoms. The summed E-state index contributed by atoms with van der Waals surface area (Å²) >= 11 is 0. The van der Waals surface area contributed by atoms with Crippen LogP contribution in [0.1, 0.15) is 41.9 Å². The van der Waals surface area contributed by atoms with Crippen molar-refractivity contribution in [3.8, 4) is 11.5 Å². The third kappa shape index (κ3) is 2.42. The molecule has 1 fully saturated rings. The summed E-state index contributed by atoms with van der Waals surface area (Å²) < 4.78 is 10.7. The van der Waals surface area contributed by atoms with Crippen LogP contribution in [0.2, 0.25) is 0 Å². The molecule has 23 heavy (non-hydrogen) atoms. The highest BCUT2D eigenvalue weighted by Gasteiger charge is 2.35. The van der Waals surface area contributed by atoms with Gasteiger partial charge in [-0.2, -0.15) is 0 Å². The second-order valence-electron chi connectivity index (χ2n) is 6.47. The Morgan fingerprint density at radius 3 is 2.26 bits per heavy atom. The molecule has 0 amide bonds. The lowest BCUT2D eigenvalue weighted by molar-refractivity contribution is 0.413. The predicted molar refractivity (Wildman–Crippen MR) is 93.9 cm³/mol. The van der Waals surface area contributed by atoms with Gasteiger partial charge in [-0.1, -0.05) is 30.7 Å². The average Bonchev–Trinajstić information content (AvgIpc) is 3.11. The van der Waals surface area contributed by atoms with Gasteiger partial charge in [-0.25, -0.2) is 0 Å². The normalized spacial score (nSPS) is 22.1. The van der Waals surface area contributed by atoms with Gasteiger partial charge >= 0.3 is 0 Å². The molecule has 2 atom stereocenters. The van der Waals surface area contributed by atoms with Crippen LogP contribution in [0.15, 0.2) is 42.5 Å². The van der Waals surface area contributed by atoms with Crippen molar-refractivity contribution >= 4 is 11.6 Å². The Bertz CT molecular complexity index is 743. The lowest BCUT2D eigenvalue weighted by atomic mass is 9.74. The van der Waals surface area contributed by atoms with Gasteiger partial charge in [0.05, 0.1) is 14.2 Å². The number of fused-ring (bicyclic) bond motifs is 3. The highest BCUT2D eigenvalue weighted by Crippen LogP contribution is 2.52. The Morgan fingerprint density at radius 2 is 1.52 bits per heavy atom. The van der Waals surface area contributed by atoms with Gasteiger partial charge in [0.2, 0.25) is 0 Å². The second-order valence-corrected chi connectivity index (χ2v) is 6.47. The first-order valence-corrected chi connectivity index (χ1v) is 8.34. The van der Waals surface area contributed by atoms with Crippen LogP contribution in [0.3, 0.4) is 0 Å². The maximum Gasteiger partial charge on any atom is 0.119 e. The Labute approximate surface area is 137 Å². The molecule has 0 unspecified atom stereocenters. The molecule has 2 aromatic rings. The molecule has 2 aliphatic rings. The number of benzene rings is 2. The topological polar surface area (TPSA) is 18.5 Å². The Balaban J connectivity index is 1.80. The van der Waals surface area contributed by atoms with Crippen molar-refractivity contribution in [3.63, 3.8) is 0 Å². The van der Waals surface area contributed by atoms with Crippen LogP contribution in [-0.2, 0) is 0 Å². The predicted octanol–water partition coefficient (Wildman–Crippen LogP) is 5.14. The van der Waals surface area contributed by atoms with Crippen molar-refractivity contribution in [2.24, 2.45) is 5.92 Å². The highest BCUT2D eigenvalue weighted by atomic mass is 16.5. The Kier molecular flexibility index (Phi) is 3.60. The lowest BCUT2D eigenvalue weighted by Crippen LogP contribution is -2.14. The number of rotatable bonds is 3. The third-order valence-corrected chi connectivity index (χ3v) is 5.34. The average molecular weight is 306 g/mol. The van der Waals surface area contributed by atoms with E-state index in [0.717, 1.165) is 11.5 Å². The zero-order valence-electron chi connectivity index (χ0n) is 13.7. The van der Waals surface area contributed by atoms with Gasteiger partial charge in [-0.15, -0.1) is 0 Å². The number of hydrogen-bond donors (Lipinski definition) is 0. The van der Waals surface area contributed by atoms with Gasteiger partial charge in [0.15, 0.2) is 0 Å². The maximum absolute atomic E-state index is 5.43. The van der Waals surface area contributed by atoms with Crippen LogP contribution in [0.4, 0.5) is 0 Å². The molecular formula is C21H22O2. The molecule has 0 N–H and O–H groups in total. The summed E-state index contributed by atoms with van der Waals surface area (Å²) in [5, 5.41) is 0. The summed E-state index contributed by atoms with van der Waals surface area (Å²) in [7, 11) is 3.46. The van der Waals surface area contributed by atoms with Crippen LogP contribution in [0.5, 0.6) is 11.5 Å². The molecule has 2 nitrogen and oxygen atoms in total. The molecular weight excluding hydrogens is 284 g/mol. The summed E-state index contributed by atoms with van der Waals surface area (Å²) in [6.07, 6.45) is 6.24. The van der Waals surface area contributed by atoms with Gasteiger partial charge < -0.3 is 9.47 Å². The molecule has 0 bridgehead atoms. The van der Waals surface area contributed by atoms with Gasteiger partial charge in [0.1, 0.15) is 11.5 Å². The molecule has 2 heteroatoms. The minimum Gasteiger partial charge on any atom is -0.497 e. The van der Waals surface area contributed by atoms with Gasteiger partial charge in [-0.3, -0.25) is 0 Å². The van der Waals surface area contributed by atoms with Crippen molar-refractivity contribution in [1.82, 2.24) is 0 Å². The van der Waals surface area contributed by atoms with Crippen molar-refractivity contribution < 1.29 is 9.47 Å². The van der Waals surface area contributed by atoms with Crippen LogP contribution in [0.25, 0.3) is 11.6 Å². The zero-order valence-corrected chi connectivity index (χ0v) is 13.7. The maximum atomic E-state index is 5.43. The zero-order chi connectivity index (χ0) is 15.8.